The Hall–Kier alpha value is -0.290. The molecule has 0 aromatic heterocycles. The summed E-state index contributed by atoms with van der Waals surface area (Å²) in [4.78, 5) is 0. The molecule has 0 aromatic carbocycles. The van der Waals surface area contributed by atoms with E-state index in [0.29, 0.717) is 18.9 Å². The largest absolute Gasteiger partial charge is 0.411 e. The van der Waals surface area contributed by atoms with E-state index in [-0.39, 0.29) is 12.0 Å². The van der Waals surface area contributed by atoms with Crippen LogP contribution < -0.4 is 5.73 Å². The van der Waals surface area contributed by atoms with Crippen LogP contribution in [0.3, 0.4) is 0 Å². The average Bonchev–Trinajstić information content (AvgIpc) is 2.10. The van der Waals surface area contributed by atoms with Gasteiger partial charge in [-0.15, -0.1) is 0 Å². The smallest absolute Gasteiger partial charge is 0.372 e. The molecule has 1 atom stereocenters. The van der Waals surface area contributed by atoms with Gasteiger partial charge in [-0.25, -0.2) is 0 Å². The highest BCUT2D eigenvalue weighted by Crippen LogP contribution is 2.29. The van der Waals surface area contributed by atoms with Crippen LogP contribution in [0.1, 0.15) is 27.2 Å². The molecule has 0 bridgehead atoms. The lowest BCUT2D eigenvalue weighted by Crippen LogP contribution is -2.34. The van der Waals surface area contributed by atoms with Gasteiger partial charge in [0.1, 0.15) is 6.61 Å². The second kappa shape index (κ2) is 5.70. The van der Waals surface area contributed by atoms with Crippen LogP contribution >= 0.6 is 0 Å². The fourth-order valence-corrected chi connectivity index (χ4v) is 1.12. The Bertz CT molecular complexity index is 182. The topological polar surface area (TPSA) is 35.2 Å². The highest BCUT2D eigenvalue weighted by atomic mass is 19.4. The van der Waals surface area contributed by atoms with Crippen LogP contribution in [0.25, 0.3) is 0 Å². The molecule has 92 valence electrons. The Kier molecular flexibility index (Phi) is 5.59. The molecule has 0 spiro atoms. The monoisotopic (exact) mass is 227 g/mol. The lowest BCUT2D eigenvalue weighted by atomic mass is 9.77. The van der Waals surface area contributed by atoms with Gasteiger partial charge in [0, 0.05) is 6.61 Å². The van der Waals surface area contributed by atoms with E-state index < -0.39 is 12.8 Å². The molecule has 5 heteroatoms. The first-order valence-corrected chi connectivity index (χ1v) is 5.06. The van der Waals surface area contributed by atoms with Crippen LogP contribution in [0.2, 0.25) is 0 Å². The summed E-state index contributed by atoms with van der Waals surface area (Å²) in [5, 5.41) is 0. The van der Waals surface area contributed by atoms with E-state index in [4.69, 9.17) is 5.73 Å². The molecule has 15 heavy (non-hydrogen) atoms. The van der Waals surface area contributed by atoms with Crippen molar-refractivity contribution >= 4 is 0 Å². The van der Waals surface area contributed by atoms with Gasteiger partial charge < -0.3 is 10.5 Å². The van der Waals surface area contributed by atoms with Gasteiger partial charge in [0.2, 0.25) is 0 Å². The molecule has 0 aliphatic carbocycles. The van der Waals surface area contributed by atoms with E-state index in [0.717, 1.165) is 0 Å². The molecule has 0 fully saturated rings. The highest BCUT2D eigenvalue weighted by Gasteiger charge is 2.29. The number of hydrogen-bond donors (Lipinski definition) is 1. The zero-order chi connectivity index (χ0) is 12.1. The summed E-state index contributed by atoms with van der Waals surface area (Å²) in [6, 6.07) is 0. The standard InChI is InChI=1S/C10H20F3NO/c1-8(2)9(3,6-14)4-5-15-7-10(11,12)13/h8H,4-7,14H2,1-3H3. The van der Waals surface area contributed by atoms with Crippen molar-refractivity contribution in [2.45, 2.75) is 33.4 Å². The number of halogens is 3. The van der Waals surface area contributed by atoms with Crippen molar-refractivity contribution in [2.24, 2.45) is 17.1 Å². The van der Waals surface area contributed by atoms with E-state index in [2.05, 4.69) is 4.74 Å². The van der Waals surface area contributed by atoms with Crippen molar-refractivity contribution in [3.63, 3.8) is 0 Å². The second-order valence-electron chi connectivity index (χ2n) is 4.43. The molecule has 0 aliphatic rings. The molecule has 0 radical (unpaired) electrons. The van der Waals surface area contributed by atoms with Crippen LogP contribution in [0.15, 0.2) is 0 Å². The van der Waals surface area contributed by atoms with Crippen molar-refractivity contribution in [1.82, 2.24) is 0 Å². The van der Waals surface area contributed by atoms with Gasteiger partial charge in [0.25, 0.3) is 0 Å². The molecule has 0 saturated carbocycles. The normalized spacial score (nSPS) is 16.8. The van der Waals surface area contributed by atoms with Crippen molar-refractivity contribution in [3.05, 3.63) is 0 Å². The third-order valence-corrected chi connectivity index (χ3v) is 2.94. The summed E-state index contributed by atoms with van der Waals surface area (Å²) in [6.07, 6.45) is -3.69. The van der Waals surface area contributed by atoms with Crippen molar-refractivity contribution in [1.29, 1.82) is 0 Å². The zero-order valence-electron chi connectivity index (χ0n) is 9.53. The summed E-state index contributed by atoms with van der Waals surface area (Å²) in [5.41, 5.74) is 5.45. The van der Waals surface area contributed by atoms with Gasteiger partial charge in [0.15, 0.2) is 0 Å². The van der Waals surface area contributed by atoms with Gasteiger partial charge in [-0.1, -0.05) is 20.8 Å². The van der Waals surface area contributed by atoms with E-state index in [9.17, 15) is 13.2 Å². The van der Waals surface area contributed by atoms with Gasteiger partial charge in [-0.2, -0.15) is 13.2 Å². The molecule has 1 unspecified atom stereocenters. The molecule has 0 saturated heterocycles. The fraction of sp³-hybridized carbons (Fsp3) is 1.00. The summed E-state index contributed by atoms with van der Waals surface area (Å²) >= 11 is 0. The quantitative estimate of drug-likeness (QED) is 0.708. The SMILES string of the molecule is CC(C)C(C)(CN)CCOCC(F)(F)F. The van der Waals surface area contributed by atoms with Crippen LogP contribution in [-0.4, -0.2) is 25.9 Å². The third kappa shape index (κ3) is 5.99. The summed E-state index contributed by atoms with van der Waals surface area (Å²) in [6.45, 7) is 5.37. The predicted octanol–water partition coefficient (Wildman–Crippen LogP) is 2.58. The third-order valence-electron chi connectivity index (χ3n) is 2.94. The predicted molar refractivity (Wildman–Crippen MR) is 53.5 cm³/mol. The van der Waals surface area contributed by atoms with Gasteiger partial charge in [-0.3, -0.25) is 0 Å². The molecule has 2 nitrogen and oxygen atoms in total. The number of ether oxygens (including phenoxy) is 1. The van der Waals surface area contributed by atoms with E-state index in [1.54, 1.807) is 0 Å². The maximum absolute atomic E-state index is 11.8. The van der Waals surface area contributed by atoms with Crippen molar-refractivity contribution in [2.75, 3.05) is 19.8 Å². The van der Waals surface area contributed by atoms with Gasteiger partial charge in [0.05, 0.1) is 0 Å². The molecular weight excluding hydrogens is 207 g/mol. The first kappa shape index (κ1) is 14.7. The number of hydrogen-bond acceptors (Lipinski definition) is 2. The Balaban J connectivity index is 3.84. The summed E-state index contributed by atoms with van der Waals surface area (Å²) in [7, 11) is 0. The molecule has 0 rings (SSSR count). The van der Waals surface area contributed by atoms with Gasteiger partial charge in [-0.05, 0) is 24.3 Å². The minimum absolute atomic E-state index is 0.103. The van der Waals surface area contributed by atoms with Crippen molar-refractivity contribution < 1.29 is 17.9 Å². The first-order valence-electron chi connectivity index (χ1n) is 5.06. The highest BCUT2D eigenvalue weighted by molar-refractivity contribution is 4.78. The summed E-state index contributed by atoms with van der Waals surface area (Å²) in [5.74, 6) is 0.331. The minimum Gasteiger partial charge on any atom is -0.372 e. The molecular formula is C10H20F3NO. The van der Waals surface area contributed by atoms with E-state index in [1.165, 1.54) is 0 Å². The molecule has 0 aliphatic heterocycles. The van der Waals surface area contributed by atoms with Crippen LogP contribution in [0.4, 0.5) is 13.2 Å². The molecule has 0 amide bonds. The van der Waals surface area contributed by atoms with Gasteiger partial charge >= 0.3 is 6.18 Å². The van der Waals surface area contributed by atoms with Crippen molar-refractivity contribution in [3.8, 4) is 0 Å². The van der Waals surface area contributed by atoms with E-state index in [1.807, 2.05) is 20.8 Å². The maximum Gasteiger partial charge on any atom is 0.411 e. The Morgan fingerprint density at radius 1 is 1.27 bits per heavy atom. The molecule has 2 N–H and O–H groups in total. The van der Waals surface area contributed by atoms with Crippen LogP contribution in [0.5, 0.6) is 0 Å². The number of alkyl halides is 3. The lowest BCUT2D eigenvalue weighted by Gasteiger charge is -2.32. The minimum atomic E-state index is -4.24. The lowest BCUT2D eigenvalue weighted by molar-refractivity contribution is -0.175. The number of nitrogens with two attached hydrogens (primary N) is 1. The zero-order valence-corrected chi connectivity index (χ0v) is 9.53. The Labute approximate surface area is 89.0 Å². The number of rotatable bonds is 6. The first-order chi connectivity index (χ1) is 6.71. The maximum atomic E-state index is 11.8. The second-order valence-corrected chi connectivity index (χ2v) is 4.43. The Morgan fingerprint density at radius 3 is 2.13 bits per heavy atom. The molecule has 0 heterocycles. The van der Waals surface area contributed by atoms with E-state index >= 15 is 0 Å². The fourth-order valence-electron chi connectivity index (χ4n) is 1.12. The van der Waals surface area contributed by atoms with Crippen LogP contribution in [0, 0.1) is 11.3 Å². The molecule has 0 aromatic rings. The average molecular weight is 227 g/mol. The van der Waals surface area contributed by atoms with Crippen LogP contribution in [-0.2, 0) is 4.74 Å². The Morgan fingerprint density at radius 2 is 1.80 bits per heavy atom. The summed E-state index contributed by atoms with van der Waals surface area (Å²) < 4.78 is 39.9.